The molecule has 5 nitrogen and oxygen atoms in total. The number of aryl methyl sites for hydroxylation is 1. The third-order valence-corrected chi connectivity index (χ3v) is 5.92. The minimum Gasteiger partial charge on any atom is -0.334 e. The van der Waals surface area contributed by atoms with Gasteiger partial charge in [0.2, 0.25) is 0 Å². The number of benzene rings is 2. The molecule has 0 saturated carbocycles. The summed E-state index contributed by atoms with van der Waals surface area (Å²) in [7, 11) is 0. The summed E-state index contributed by atoms with van der Waals surface area (Å²) >= 11 is 0. The van der Waals surface area contributed by atoms with Crippen LogP contribution in [0, 0.1) is 6.92 Å². The highest BCUT2D eigenvalue weighted by Gasteiger charge is 2.24. The van der Waals surface area contributed by atoms with Gasteiger partial charge < -0.3 is 4.90 Å². The van der Waals surface area contributed by atoms with Crippen LogP contribution in [0.4, 0.5) is 0 Å². The second-order valence-electron chi connectivity index (χ2n) is 8.15. The largest absolute Gasteiger partial charge is 0.334 e. The SMILES string of the molecule is Cc1ccc(-c2ncc(C(=O)N3CC=C(c4ccccc4)CC3)c(-c3ccncc3)n2)cc1. The Morgan fingerprint density at radius 3 is 2.33 bits per heavy atom. The van der Waals surface area contributed by atoms with Crippen LogP contribution in [-0.4, -0.2) is 38.8 Å². The molecule has 0 saturated heterocycles. The van der Waals surface area contributed by atoms with Gasteiger partial charge in [-0.3, -0.25) is 9.78 Å². The molecule has 0 unspecified atom stereocenters. The summed E-state index contributed by atoms with van der Waals surface area (Å²) in [6.07, 6.45) is 8.06. The molecular formula is C28H24N4O. The monoisotopic (exact) mass is 432 g/mol. The highest BCUT2D eigenvalue weighted by Crippen LogP contribution is 2.28. The normalized spacial score (nSPS) is 13.5. The molecule has 0 aliphatic carbocycles. The maximum absolute atomic E-state index is 13.5. The lowest BCUT2D eigenvalue weighted by molar-refractivity contribution is 0.0773. The fraction of sp³-hybridized carbons (Fsp3) is 0.143. The smallest absolute Gasteiger partial charge is 0.257 e. The Kier molecular flexibility index (Phi) is 5.77. The lowest BCUT2D eigenvalue weighted by Crippen LogP contribution is -2.35. The molecule has 2 aromatic heterocycles. The Balaban J connectivity index is 1.48. The molecular weight excluding hydrogens is 408 g/mol. The third kappa shape index (κ3) is 4.44. The van der Waals surface area contributed by atoms with E-state index in [0.717, 1.165) is 17.5 Å². The number of nitrogens with zero attached hydrogens (tertiary/aromatic N) is 4. The van der Waals surface area contributed by atoms with Gasteiger partial charge in [0.1, 0.15) is 0 Å². The summed E-state index contributed by atoms with van der Waals surface area (Å²) in [5.41, 5.74) is 6.57. The number of pyridine rings is 1. The zero-order valence-corrected chi connectivity index (χ0v) is 18.5. The fourth-order valence-electron chi connectivity index (χ4n) is 4.05. The Morgan fingerprint density at radius 1 is 0.879 bits per heavy atom. The molecule has 162 valence electrons. The first-order valence-electron chi connectivity index (χ1n) is 11.1. The first kappa shape index (κ1) is 20.8. The van der Waals surface area contributed by atoms with Crippen LogP contribution in [0.3, 0.4) is 0 Å². The zero-order chi connectivity index (χ0) is 22.6. The van der Waals surface area contributed by atoms with Crippen LogP contribution in [0.15, 0.2) is 91.4 Å². The predicted molar refractivity (Wildman–Crippen MR) is 130 cm³/mol. The van der Waals surface area contributed by atoms with Crippen LogP contribution >= 0.6 is 0 Å². The number of amides is 1. The van der Waals surface area contributed by atoms with Gasteiger partial charge in [-0.25, -0.2) is 9.97 Å². The van der Waals surface area contributed by atoms with Crippen molar-refractivity contribution in [1.29, 1.82) is 0 Å². The van der Waals surface area contributed by atoms with Gasteiger partial charge in [0.25, 0.3) is 5.91 Å². The first-order valence-corrected chi connectivity index (χ1v) is 11.1. The van der Waals surface area contributed by atoms with Crippen molar-refractivity contribution in [1.82, 2.24) is 19.9 Å². The minimum atomic E-state index is -0.0550. The maximum atomic E-state index is 13.5. The average Bonchev–Trinajstić information content (AvgIpc) is 2.89. The van der Waals surface area contributed by atoms with E-state index >= 15 is 0 Å². The summed E-state index contributed by atoms with van der Waals surface area (Å²) in [4.78, 5) is 28.9. The molecule has 1 aliphatic rings. The van der Waals surface area contributed by atoms with E-state index in [9.17, 15) is 4.79 Å². The van der Waals surface area contributed by atoms with Crippen molar-refractivity contribution in [2.24, 2.45) is 0 Å². The number of rotatable bonds is 4. The van der Waals surface area contributed by atoms with Crippen molar-refractivity contribution in [3.8, 4) is 22.6 Å². The standard InChI is InChI=1S/C28H24N4O/c1-20-7-9-24(10-8-20)27-30-19-25(26(31-27)23-11-15-29-16-12-23)28(33)32-17-13-22(14-18-32)21-5-3-2-4-6-21/h2-13,15-16,19H,14,17-18H2,1H3. The van der Waals surface area contributed by atoms with E-state index in [1.165, 1.54) is 16.7 Å². The molecule has 4 aromatic rings. The number of hydrogen-bond acceptors (Lipinski definition) is 4. The molecule has 0 bridgehead atoms. The fourth-order valence-corrected chi connectivity index (χ4v) is 4.05. The van der Waals surface area contributed by atoms with Gasteiger partial charge in [0, 0.05) is 42.8 Å². The van der Waals surface area contributed by atoms with Crippen molar-refractivity contribution in [2.75, 3.05) is 13.1 Å². The summed E-state index contributed by atoms with van der Waals surface area (Å²) in [5, 5.41) is 0. The summed E-state index contributed by atoms with van der Waals surface area (Å²) < 4.78 is 0. The van der Waals surface area contributed by atoms with Crippen LogP contribution in [0.1, 0.15) is 27.9 Å². The van der Waals surface area contributed by atoms with Gasteiger partial charge >= 0.3 is 0 Å². The lowest BCUT2D eigenvalue weighted by atomic mass is 9.99. The number of aromatic nitrogens is 3. The molecule has 1 aliphatic heterocycles. The number of hydrogen-bond donors (Lipinski definition) is 0. The molecule has 0 radical (unpaired) electrons. The molecule has 5 rings (SSSR count). The second-order valence-corrected chi connectivity index (χ2v) is 8.15. The van der Waals surface area contributed by atoms with Crippen molar-refractivity contribution in [3.63, 3.8) is 0 Å². The lowest BCUT2D eigenvalue weighted by Gasteiger charge is -2.27. The number of carbonyl (C=O) groups excluding carboxylic acids is 1. The van der Waals surface area contributed by atoms with E-state index < -0.39 is 0 Å². The molecule has 1 amide bonds. The van der Waals surface area contributed by atoms with Crippen LogP contribution in [0.2, 0.25) is 0 Å². The van der Waals surface area contributed by atoms with Gasteiger partial charge in [-0.05, 0) is 36.6 Å². The highest BCUT2D eigenvalue weighted by atomic mass is 16.2. The molecule has 3 heterocycles. The third-order valence-electron chi connectivity index (χ3n) is 5.92. The van der Waals surface area contributed by atoms with Crippen LogP contribution in [0.5, 0.6) is 0 Å². The van der Waals surface area contributed by atoms with Crippen molar-refractivity contribution in [3.05, 3.63) is 108 Å². The van der Waals surface area contributed by atoms with Gasteiger partial charge in [-0.2, -0.15) is 0 Å². The molecule has 5 heteroatoms. The van der Waals surface area contributed by atoms with Crippen molar-refractivity contribution < 1.29 is 4.79 Å². The van der Waals surface area contributed by atoms with Gasteiger partial charge in [-0.15, -0.1) is 0 Å². The van der Waals surface area contributed by atoms with Crippen molar-refractivity contribution >= 4 is 11.5 Å². The topological polar surface area (TPSA) is 59.0 Å². The Labute approximate surface area is 193 Å². The van der Waals surface area contributed by atoms with Crippen LogP contribution in [0.25, 0.3) is 28.2 Å². The summed E-state index contributed by atoms with van der Waals surface area (Å²) in [6.45, 7) is 3.28. The summed E-state index contributed by atoms with van der Waals surface area (Å²) in [6, 6.07) is 22.2. The second kappa shape index (κ2) is 9.17. The van der Waals surface area contributed by atoms with E-state index in [1.54, 1.807) is 18.6 Å². The Hall–Kier alpha value is -4.12. The van der Waals surface area contributed by atoms with E-state index in [1.807, 2.05) is 66.4 Å². The van der Waals surface area contributed by atoms with E-state index in [2.05, 4.69) is 28.2 Å². The van der Waals surface area contributed by atoms with Gasteiger partial charge in [0.05, 0.1) is 11.3 Å². The van der Waals surface area contributed by atoms with E-state index in [-0.39, 0.29) is 5.91 Å². The minimum absolute atomic E-state index is 0.0550. The summed E-state index contributed by atoms with van der Waals surface area (Å²) in [5.74, 6) is 0.545. The van der Waals surface area contributed by atoms with Crippen LogP contribution < -0.4 is 0 Å². The molecule has 0 spiro atoms. The quantitative estimate of drug-likeness (QED) is 0.431. The predicted octanol–water partition coefficient (Wildman–Crippen LogP) is 5.44. The Bertz CT molecular complexity index is 1300. The number of carbonyl (C=O) groups is 1. The molecule has 2 aromatic carbocycles. The van der Waals surface area contributed by atoms with E-state index in [4.69, 9.17) is 4.98 Å². The zero-order valence-electron chi connectivity index (χ0n) is 18.5. The molecule has 0 N–H and O–H groups in total. The van der Waals surface area contributed by atoms with Crippen LogP contribution in [-0.2, 0) is 0 Å². The maximum Gasteiger partial charge on any atom is 0.257 e. The molecule has 0 atom stereocenters. The van der Waals surface area contributed by atoms with Crippen molar-refractivity contribution in [2.45, 2.75) is 13.3 Å². The van der Waals surface area contributed by atoms with E-state index in [0.29, 0.717) is 30.2 Å². The van der Waals surface area contributed by atoms with Gasteiger partial charge in [0.15, 0.2) is 5.82 Å². The van der Waals surface area contributed by atoms with Gasteiger partial charge in [-0.1, -0.05) is 66.2 Å². The Morgan fingerprint density at radius 2 is 1.64 bits per heavy atom. The average molecular weight is 433 g/mol. The highest BCUT2D eigenvalue weighted by molar-refractivity contribution is 6.00. The molecule has 33 heavy (non-hydrogen) atoms. The first-order chi connectivity index (χ1) is 16.2. The molecule has 0 fully saturated rings.